The van der Waals surface area contributed by atoms with Crippen LogP contribution in [-0.4, -0.2) is 23.1 Å². The van der Waals surface area contributed by atoms with Gasteiger partial charge < -0.3 is 14.6 Å². The summed E-state index contributed by atoms with van der Waals surface area (Å²) in [4.78, 5) is 24.9. The van der Waals surface area contributed by atoms with Crippen LogP contribution in [-0.2, 0) is 9.53 Å². The zero-order valence-electron chi connectivity index (χ0n) is 19.5. The highest BCUT2D eigenvalue weighted by Crippen LogP contribution is 2.24. The van der Waals surface area contributed by atoms with E-state index in [2.05, 4.69) is 5.32 Å². The number of esters is 1. The van der Waals surface area contributed by atoms with Crippen LogP contribution in [0.1, 0.15) is 45.4 Å². The van der Waals surface area contributed by atoms with E-state index in [0.29, 0.717) is 17.9 Å². The first-order valence-electron chi connectivity index (χ1n) is 10.7. The van der Waals surface area contributed by atoms with E-state index in [0.717, 1.165) is 33.8 Å². The van der Waals surface area contributed by atoms with Crippen LogP contribution >= 0.6 is 0 Å². The molecule has 6 heteroatoms. The van der Waals surface area contributed by atoms with Gasteiger partial charge in [-0.1, -0.05) is 12.1 Å². The number of hydrogen-bond donors (Lipinski definition) is 1. The quantitative estimate of drug-likeness (QED) is 0.314. The molecule has 0 unspecified atom stereocenters. The fourth-order valence-corrected chi connectivity index (χ4v) is 3.87. The molecule has 1 aromatic heterocycles. The van der Waals surface area contributed by atoms with E-state index in [9.17, 15) is 14.9 Å². The van der Waals surface area contributed by atoms with Crippen molar-refractivity contribution in [1.82, 2.24) is 4.57 Å². The highest BCUT2D eigenvalue weighted by atomic mass is 16.5. The van der Waals surface area contributed by atoms with Crippen molar-refractivity contribution in [3.8, 4) is 11.8 Å². The van der Waals surface area contributed by atoms with Gasteiger partial charge in [-0.15, -0.1) is 0 Å². The molecule has 6 nitrogen and oxygen atoms in total. The smallest absolute Gasteiger partial charge is 0.338 e. The fraction of sp³-hybridized carbons (Fsp3) is 0.222. The number of carbonyl (C=O) groups is 2. The van der Waals surface area contributed by atoms with Crippen LogP contribution in [0.4, 0.5) is 5.69 Å². The highest BCUT2D eigenvalue weighted by molar-refractivity contribution is 6.09. The summed E-state index contributed by atoms with van der Waals surface area (Å²) >= 11 is 0. The largest absolute Gasteiger partial charge is 0.462 e. The molecule has 0 spiro atoms. The van der Waals surface area contributed by atoms with Crippen LogP contribution in [0.3, 0.4) is 0 Å². The number of hydrogen-bond acceptors (Lipinski definition) is 4. The van der Waals surface area contributed by atoms with Crippen LogP contribution in [0, 0.1) is 39.0 Å². The monoisotopic (exact) mass is 441 g/mol. The summed E-state index contributed by atoms with van der Waals surface area (Å²) in [5.41, 5.74) is 6.49. The zero-order chi connectivity index (χ0) is 24.1. The van der Waals surface area contributed by atoms with Gasteiger partial charge in [-0.25, -0.2) is 4.79 Å². The van der Waals surface area contributed by atoms with Gasteiger partial charge in [-0.3, -0.25) is 4.79 Å². The average Bonchev–Trinajstić information content (AvgIpc) is 3.04. The Morgan fingerprint density at radius 1 is 1.06 bits per heavy atom. The third kappa shape index (κ3) is 5.39. The van der Waals surface area contributed by atoms with Crippen LogP contribution in [0.15, 0.2) is 54.1 Å². The van der Waals surface area contributed by atoms with Crippen molar-refractivity contribution in [2.75, 3.05) is 11.9 Å². The number of amides is 1. The van der Waals surface area contributed by atoms with Gasteiger partial charge in [0.15, 0.2) is 0 Å². The van der Waals surface area contributed by atoms with Crippen molar-refractivity contribution < 1.29 is 14.3 Å². The molecule has 1 amide bonds. The maximum Gasteiger partial charge on any atom is 0.338 e. The minimum atomic E-state index is -0.461. The van der Waals surface area contributed by atoms with Crippen molar-refractivity contribution in [3.05, 3.63) is 87.7 Å². The molecule has 0 aliphatic rings. The Balaban J connectivity index is 1.94. The molecule has 0 saturated heterocycles. The van der Waals surface area contributed by atoms with Crippen molar-refractivity contribution in [2.45, 2.75) is 34.6 Å². The topological polar surface area (TPSA) is 84.1 Å². The van der Waals surface area contributed by atoms with Crippen molar-refractivity contribution in [3.63, 3.8) is 0 Å². The van der Waals surface area contributed by atoms with Gasteiger partial charge in [-0.2, -0.15) is 5.26 Å². The van der Waals surface area contributed by atoms with Gasteiger partial charge >= 0.3 is 5.97 Å². The Morgan fingerprint density at radius 3 is 2.39 bits per heavy atom. The number of aromatic nitrogens is 1. The van der Waals surface area contributed by atoms with E-state index < -0.39 is 5.91 Å². The molecule has 168 valence electrons. The van der Waals surface area contributed by atoms with Gasteiger partial charge in [-0.05, 0) is 93.8 Å². The second kappa shape index (κ2) is 10.0. The predicted octanol–water partition coefficient (Wildman–Crippen LogP) is 5.43. The van der Waals surface area contributed by atoms with Crippen molar-refractivity contribution in [2.24, 2.45) is 0 Å². The van der Waals surface area contributed by atoms with Crippen molar-refractivity contribution >= 4 is 23.6 Å². The standard InChI is InChI=1S/C27H27N3O3/c1-6-33-27(32)21-8-7-9-25(15-21)30-19(4)13-22(20(30)5)14-23(16-28)26(31)29-24-11-17(2)10-18(3)12-24/h7-15H,6H2,1-5H3,(H,29,31)/b23-14-. The number of nitrogens with one attached hydrogen (secondary N) is 1. The Labute approximate surface area is 194 Å². The van der Waals surface area contributed by atoms with E-state index >= 15 is 0 Å². The number of carbonyl (C=O) groups excluding carboxylic acids is 2. The minimum absolute atomic E-state index is 0.00897. The summed E-state index contributed by atoms with van der Waals surface area (Å²) < 4.78 is 7.08. The molecule has 0 bridgehead atoms. The summed E-state index contributed by atoms with van der Waals surface area (Å²) in [7, 11) is 0. The van der Waals surface area contributed by atoms with Gasteiger partial charge in [0, 0.05) is 22.8 Å². The molecule has 0 aliphatic heterocycles. The fourth-order valence-electron chi connectivity index (χ4n) is 3.87. The molecule has 0 saturated carbocycles. The highest BCUT2D eigenvalue weighted by Gasteiger charge is 2.15. The minimum Gasteiger partial charge on any atom is -0.462 e. The number of anilines is 1. The first-order chi connectivity index (χ1) is 15.7. The van der Waals surface area contributed by atoms with E-state index in [1.165, 1.54) is 0 Å². The van der Waals surface area contributed by atoms with Gasteiger partial charge in [0.1, 0.15) is 11.6 Å². The van der Waals surface area contributed by atoms with E-state index in [1.54, 1.807) is 31.2 Å². The molecule has 0 atom stereocenters. The van der Waals surface area contributed by atoms with Crippen LogP contribution < -0.4 is 5.32 Å². The SMILES string of the molecule is CCOC(=O)c1cccc(-n2c(C)cc(/C=C(/C#N)C(=O)Nc3cc(C)cc(C)c3)c2C)c1. The lowest BCUT2D eigenvalue weighted by Crippen LogP contribution is -2.13. The van der Waals surface area contributed by atoms with Gasteiger partial charge in [0.2, 0.25) is 0 Å². The molecule has 3 aromatic rings. The van der Waals surface area contributed by atoms with E-state index in [4.69, 9.17) is 4.74 Å². The molecular formula is C27H27N3O3. The lowest BCUT2D eigenvalue weighted by molar-refractivity contribution is -0.112. The molecule has 3 rings (SSSR count). The first kappa shape index (κ1) is 23.6. The molecule has 1 N–H and O–H groups in total. The van der Waals surface area contributed by atoms with Crippen LogP contribution in [0.25, 0.3) is 11.8 Å². The van der Waals surface area contributed by atoms with Crippen LogP contribution in [0.2, 0.25) is 0 Å². The molecule has 0 aliphatic carbocycles. The number of benzene rings is 2. The molecule has 33 heavy (non-hydrogen) atoms. The van der Waals surface area contributed by atoms with Crippen LogP contribution in [0.5, 0.6) is 0 Å². The predicted molar refractivity (Wildman–Crippen MR) is 129 cm³/mol. The maximum absolute atomic E-state index is 12.8. The van der Waals surface area contributed by atoms with E-state index in [-0.39, 0.29) is 11.5 Å². The summed E-state index contributed by atoms with van der Waals surface area (Å²) in [5, 5.41) is 12.5. The Kier molecular flexibility index (Phi) is 7.14. The number of aryl methyl sites for hydroxylation is 3. The molecular weight excluding hydrogens is 414 g/mol. The second-order valence-electron chi connectivity index (χ2n) is 7.93. The normalized spacial score (nSPS) is 11.1. The number of rotatable bonds is 6. The summed E-state index contributed by atoms with van der Waals surface area (Å²) in [6.45, 7) is 9.82. The first-order valence-corrected chi connectivity index (χ1v) is 10.7. The zero-order valence-corrected chi connectivity index (χ0v) is 19.5. The Bertz CT molecular complexity index is 1270. The Hall–Kier alpha value is -4.11. The lowest BCUT2D eigenvalue weighted by Gasteiger charge is -2.11. The number of nitrogens with zero attached hydrogens (tertiary/aromatic N) is 2. The molecule has 1 heterocycles. The van der Waals surface area contributed by atoms with Gasteiger partial charge in [0.25, 0.3) is 5.91 Å². The van der Waals surface area contributed by atoms with E-state index in [1.807, 2.05) is 68.7 Å². The second-order valence-corrected chi connectivity index (χ2v) is 7.93. The number of nitriles is 1. The third-order valence-electron chi connectivity index (χ3n) is 5.23. The van der Waals surface area contributed by atoms with Gasteiger partial charge in [0.05, 0.1) is 12.2 Å². The molecule has 0 radical (unpaired) electrons. The Morgan fingerprint density at radius 2 is 1.76 bits per heavy atom. The molecule has 0 fully saturated rings. The third-order valence-corrected chi connectivity index (χ3v) is 5.23. The average molecular weight is 442 g/mol. The summed E-state index contributed by atoms with van der Waals surface area (Å²) in [5.74, 6) is -0.839. The summed E-state index contributed by atoms with van der Waals surface area (Å²) in [6, 6.07) is 16.8. The lowest BCUT2D eigenvalue weighted by atomic mass is 10.1. The molecule has 2 aromatic carbocycles. The summed E-state index contributed by atoms with van der Waals surface area (Å²) in [6.07, 6.45) is 1.59. The van der Waals surface area contributed by atoms with Crippen molar-refractivity contribution in [1.29, 1.82) is 5.26 Å². The maximum atomic E-state index is 12.8. The number of ether oxygens (including phenoxy) is 1.